The summed E-state index contributed by atoms with van der Waals surface area (Å²) >= 11 is 3.31. The van der Waals surface area contributed by atoms with Crippen molar-refractivity contribution >= 4 is 38.4 Å². The second-order valence-corrected chi connectivity index (χ2v) is 8.95. The van der Waals surface area contributed by atoms with E-state index in [0.717, 1.165) is 25.3 Å². The summed E-state index contributed by atoms with van der Waals surface area (Å²) in [4.78, 5) is 16.5. The summed E-state index contributed by atoms with van der Waals surface area (Å²) in [5, 5.41) is 6.96. The Kier molecular flexibility index (Phi) is 6.78. The minimum absolute atomic E-state index is 0.0761. The maximum atomic E-state index is 13.5. The van der Waals surface area contributed by atoms with E-state index in [1.165, 1.54) is 0 Å². The molecule has 3 aromatic rings. The molecule has 0 unspecified atom stereocenters. The molecule has 33 heavy (non-hydrogen) atoms. The normalized spacial score (nSPS) is 18.7. The molecule has 0 radical (unpaired) electrons. The third kappa shape index (κ3) is 5.40. The Morgan fingerprint density at radius 3 is 2.55 bits per heavy atom. The van der Waals surface area contributed by atoms with Crippen molar-refractivity contribution < 1.29 is 22.7 Å². The van der Waals surface area contributed by atoms with Crippen LogP contribution < -0.4 is 15.4 Å². The lowest BCUT2D eigenvalue weighted by Crippen LogP contribution is -2.41. The van der Waals surface area contributed by atoms with Crippen LogP contribution in [0.2, 0.25) is 0 Å². The van der Waals surface area contributed by atoms with Gasteiger partial charge in [0.15, 0.2) is 0 Å². The zero-order valence-electron chi connectivity index (χ0n) is 17.9. The Balaban J connectivity index is 1.51. The number of anilines is 1. The molecular formula is C24H23BrF3N3O2. The largest absolute Gasteiger partial charge is 0.497 e. The van der Waals surface area contributed by atoms with Gasteiger partial charge >= 0.3 is 6.18 Å². The average Bonchev–Trinajstić information content (AvgIpc) is 2.79. The molecule has 1 aromatic heterocycles. The first-order valence-corrected chi connectivity index (χ1v) is 11.4. The molecule has 5 nitrogen and oxygen atoms in total. The third-order valence-corrected chi connectivity index (χ3v) is 6.44. The highest BCUT2D eigenvalue weighted by Crippen LogP contribution is 2.36. The van der Waals surface area contributed by atoms with Gasteiger partial charge in [0.05, 0.1) is 12.6 Å². The van der Waals surface area contributed by atoms with Crippen LogP contribution in [-0.4, -0.2) is 30.1 Å². The number of hydrogen-bond donors (Lipinski definition) is 2. The number of hydrogen-bond acceptors (Lipinski definition) is 4. The quantitative estimate of drug-likeness (QED) is 0.420. The van der Waals surface area contributed by atoms with Crippen molar-refractivity contribution in [2.75, 3.05) is 12.4 Å². The summed E-state index contributed by atoms with van der Waals surface area (Å²) in [5.74, 6) is 0.490. The summed E-state index contributed by atoms with van der Waals surface area (Å²) in [6.07, 6.45) is -1.48. The fourth-order valence-electron chi connectivity index (χ4n) is 4.16. The number of amides is 1. The van der Waals surface area contributed by atoms with E-state index >= 15 is 0 Å². The maximum Gasteiger partial charge on any atom is 0.433 e. The summed E-state index contributed by atoms with van der Waals surface area (Å²) in [7, 11) is 1.56. The summed E-state index contributed by atoms with van der Waals surface area (Å²) in [6.45, 7) is 0. The molecule has 2 atom stereocenters. The average molecular weight is 522 g/mol. The standard InChI is InChI=1S/C24H23BrF3N3O2/c1-33-17-10-8-14(9-11-17)23(32)30-16-5-2-4-15(12-16)29-20-13-21(24(26,27)28)31-22-18(20)6-3-7-19(22)25/h3,6-11,13,15-16H,2,4-5,12H2,1H3,(H,29,31)(H,30,32)/t15-,16+/m0/s1. The second-order valence-electron chi connectivity index (χ2n) is 8.10. The second kappa shape index (κ2) is 9.59. The van der Waals surface area contributed by atoms with Gasteiger partial charge in [-0.15, -0.1) is 0 Å². The fraction of sp³-hybridized carbons (Fsp3) is 0.333. The molecular weight excluding hydrogens is 499 g/mol. The molecule has 1 fully saturated rings. The topological polar surface area (TPSA) is 63.2 Å². The van der Waals surface area contributed by atoms with Crippen LogP contribution in [0.3, 0.4) is 0 Å². The van der Waals surface area contributed by atoms with E-state index in [2.05, 4.69) is 31.5 Å². The first kappa shape index (κ1) is 23.4. The predicted molar refractivity (Wildman–Crippen MR) is 125 cm³/mol. The number of alkyl halides is 3. The Hall–Kier alpha value is -2.81. The number of fused-ring (bicyclic) bond motifs is 1. The number of carbonyl (C=O) groups is 1. The van der Waals surface area contributed by atoms with Crippen LogP contribution >= 0.6 is 15.9 Å². The van der Waals surface area contributed by atoms with E-state index in [1.54, 1.807) is 49.6 Å². The number of aromatic nitrogens is 1. The van der Waals surface area contributed by atoms with Crippen molar-refractivity contribution in [1.82, 2.24) is 10.3 Å². The lowest BCUT2D eigenvalue weighted by Gasteiger charge is -2.31. The van der Waals surface area contributed by atoms with Crippen LogP contribution in [0.15, 0.2) is 53.0 Å². The third-order valence-electron chi connectivity index (χ3n) is 5.80. The van der Waals surface area contributed by atoms with Crippen molar-refractivity contribution in [2.45, 2.75) is 43.9 Å². The zero-order chi connectivity index (χ0) is 23.6. The number of carbonyl (C=O) groups excluding carboxylic acids is 1. The minimum atomic E-state index is -4.55. The lowest BCUT2D eigenvalue weighted by molar-refractivity contribution is -0.140. The van der Waals surface area contributed by atoms with Gasteiger partial charge in [-0.1, -0.05) is 12.1 Å². The van der Waals surface area contributed by atoms with Gasteiger partial charge in [0.2, 0.25) is 0 Å². The zero-order valence-corrected chi connectivity index (χ0v) is 19.5. The Labute approximate surface area is 197 Å². The smallest absolute Gasteiger partial charge is 0.433 e. The van der Waals surface area contributed by atoms with Crippen molar-refractivity contribution in [1.29, 1.82) is 0 Å². The Morgan fingerprint density at radius 2 is 1.85 bits per heavy atom. The van der Waals surface area contributed by atoms with Gasteiger partial charge in [0.25, 0.3) is 5.91 Å². The summed E-state index contributed by atoms with van der Waals surface area (Å²) < 4.78 is 46.0. The van der Waals surface area contributed by atoms with E-state index in [4.69, 9.17) is 4.74 Å². The molecule has 0 spiro atoms. The molecule has 0 saturated heterocycles. The van der Waals surface area contributed by atoms with Crippen LogP contribution in [0.4, 0.5) is 18.9 Å². The summed E-state index contributed by atoms with van der Waals surface area (Å²) in [6, 6.07) is 13.0. The number of pyridine rings is 1. The highest BCUT2D eigenvalue weighted by atomic mass is 79.9. The van der Waals surface area contributed by atoms with Gasteiger partial charge in [-0.25, -0.2) is 4.98 Å². The van der Waals surface area contributed by atoms with E-state index < -0.39 is 11.9 Å². The number of nitrogens with zero attached hydrogens (tertiary/aromatic N) is 1. The number of nitrogens with one attached hydrogen (secondary N) is 2. The van der Waals surface area contributed by atoms with Crippen LogP contribution in [-0.2, 0) is 6.18 Å². The fourth-order valence-corrected chi connectivity index (χ4v) is 4.62. The lowest BCUT2D eigenvalue weighted by atomic mass is 9.90. The maximum absolute atomic E-state index is 13.5. The van der Waals surface area contributed by atoms with E-state index in [1.807, 2.05) is 0 Å². The van der Waals surface area contributed by atoms with Crippen molar-refractivity contribution in [3.05, 3.63) is 64.3 Å². The highest BCUT2D eigenvalue weighted by molar-refractivity contribution is 9.10. The van der Waals surface area contributed by atoms with Crippen LogP contribution in [0.1, 0.15) is 41.7 Å². The number of para-hydroxylation sites is 1. The highest BCUT2D eigenvalue weighted by Gasteiger charge is 2.34. The number of rotatable bonds is 5. The van der Waals surface area contributed by atoms with E-state index in [-0.39, 0.29) is 23.5 Å². The molecule has 0 aliphatic heterocycles. The molecule has 0 bridgehead atoms. The molecule has 1 amide bonds. The Morgan fingerprint density at radius 1 is 1.12 bits per heavy atom. The van der Waals surface area contributed by atoms with Gasteiger partial charge in [-0.05, 0) is 78.0 Å². The molecule has 1 heterocycles. The van der Waals surface area contributed by atoms with E-state index in [9.17, 15) is 18.0 Å². The summed E-state index contributed by atoms with van der Waals surface area (Å²) in [5.41, 5.74) is 0.242. The van der Waals surface area contributed by atoms with Gasteiger partial charge in [-0.2, -0.15) is 13.2 Å². The van der Waals surface area contributed by atoms with Crippen LogP contribution in [0.5, 0.6) is 5.75 Å². The predicted octanol–water partition coefficient (Wildman–Crippen LogP) is 6.18. The number of ether oxygens (including phenoxy) is 1. The molecule has 2 aromatic carbocycles. The molecule has 1 aliphatic carbocycles. The first-order valence-electron chi connectivity index (χ1n) is 10.6. The van der Waals surface area contributed by atoms with Crippen LogP contribution in [0, 0.1) is 0 Å². The minimum Gasteiger partial charge on any atom is -0.497 e. The van der Waals surface area contributed by atoms with Gasteiger partial charge in [-0.3, -0.25) is 4.79 Å². The van der Waals surface area contributed by atoms with Gasteiger partial charge in [0, 0.05) is 33.2 Å². The SMILES string of the molecule is COc1ccc(C(=O)N[C@@H]2CCC[C@H](Nc3cc(C(F)(F)F)nc4c(Br)cccc34)C2)cc1. The molecule has 4 rings (SSSR count). The number of halogens is 4. The number of methoxy groups -OCH3 is 1. The van der Waals surface area contributed by atoms with Gasteiger partial charge < -0.3 is 15.4 Å². The van der Waals surface area contributed by atoms with Crippen molar-refractivity contribution in [2.24, 2.45) is 0 Å². The molecule has 2 N–H and O–H groups in total. The van der Waals surface area contributed by atoms with Gasteiger partial charge in [0.1, 0.15) is 11.4 Å². The molecule has 1 saturated carbocycles. The molecule has 9 heteroatoms. The molecule has 174 valence electrons. The first-order chi connectivity index (χ1) is 15.7. The molecule has 1 aliphatic rings. The van der Waals surface area contributed by atoms with Crippen molar-refractivity contribution in [3.8, 4) is 5.75 Å². The Bertz CT molecular complexity index is 1150. The van der Waals surface area contributed by atoms with E-state index in [0.29, 0.717) is 33.3 Å². The van der Waals surface area contributed by atoms with Crippen LogP contribution in [0.25, 0.3) is 10.9 Å². The monoisotopic (exact) mass is 521 g/mol. The van der Waals surface area contributed by atoms with Crippen molar-refractivity contribution in [3.63, 3.8) is 0 Å². The number of benzene rings is 2.